The Balaban J connectivity index is 2.16. The lowest BCUT2D eigenvalue weighted by atomic mass is 10.1. The minimum atomic E-state index is -4.34. The Kier molecular flexibility index (Phi) is 7.41. The van der Waals surface area contributed by atoms with Crippen LogP contribution in [0.15, 0.2) is 48.5 Å². The van der Waals surface area contributed by atoms with Gasteiger partial charge in [0.2, 0.25) is 0 Å². The van der Waals surface area contributed by atoms with Gasteiger partial charge < -0.3 is 14.0 Å². The van der Waals surface area contributed by atoms with Crippen LogP contribution in [0.1, 0.15) is 29.4 Å². The fourth-order valence-electron chi connectivity index (χ4n) is 3.27. The molecular formula is C23H20Cl2F3NO3. The van der Waals surface area contributed by atoms with Gasteiger partial charge in [-0.15, -0.1) is 0 Å². The normalized spacial score (nSPS) is 11.5. The number of benzene rings is 2. The number of hydrogen-bond donors (Lipinski definition) is 0. The number of halogens is 5. The summed E-state index contributed by atoms with van der Waals surface area (Å²) in [5, 5.41) is 0.789. The summed E-state index contributed by atoms with van der Waals surface area (Å²) < 4.78 is 50.2. The maximum absolute atomic E-state index is 12.6. The third-order valence-corrected chi connectivity index (χ3v) is 5.25. The fraction of sp³-hybridized carbons (Fsp3) is 0.261. The Labute approximate surface area is 193 Å². The number of hydrogen-bond acceptors (Lipinski definition) is 3. The SMILES string of the molecule is CCOC(=O)c1cc(-c2ccc(Cl)cc2Cl)n(-c2ccccc2OCCC(F)(F)F)c1C. The first-order chi connectivity index (χ1) is 15.1. The lowest BCUT2D eigenvalue weighted by Gasteiger charge is -2.18. The van der Waals surface area contributed by atoms with E-state index in [1.165, 1.54) is 0 Å². The zero-order valence-corrected chi connectivity index (χ0v) is 18.8. The molecule has 0 atom stereocenters. The zero-order valence-electron chi connectivity index (χ0n) is 17.3. The van der Waals surface area contributed by atoms with Crippen LogP contribution in [-0.2, 0) is 4.74 Å². The van der Waals surface area contributed by atoms with Gasteiger partial charge in [0.1, 0.15) is 5.75 Å². The summed E-state index contributed by atoms with van der Waals surface area (Å²) >= 11 is 12.5. The third-order valence-electron chi connectivity index (χ3n) is 4.70. The van der Waals surface area contributed by atoms with E-state index < -0.39 is 25.2 Å². The molecule has 170 valence electrons. The summed E-state index contributed by atoms with van der Waals surface area (Å²) in [6.45, 7) is 3.07. The summed E-state index contributed by atoms with van der Waals surface area (Å²) in [6, 6.07) is 13.2. The van der Waals surface area contributed by atoms with Crippen molar-refractivity contribution in [3.05, 3.63) is 69.8 Å². The van der Waals surface area contributed by atoms with Crippen molar-refractivity contribution in [2.45, 2.75) is 26.4 Å². The molecule has 1 aromatic heterocycles. The molecule has 0 saturated heterocycles. The van der Waals surface area contributed by atoms with Gasteiger partial charge in [-0.2, -0.15) is 13.2 Å². The molecular weight excluding hydrogens is 466 g/mol. The van der Waals surface area contributed by atoms with Crippen molar-refractivity contribution in [3.8, 4) is 22.7 Å². The van der Waals surface area contributed by atoms with Gasteiger partial charge in [-0.25, -0.2) is 4.79 Å². The van der Waals surface area contributed by atoms with Gasteiger partial charge in [0, 0.05) is 16.3 Å². The van der Waals surface area contributed by atoms with Crippen LogP contribution < -0.4 is 4.74 Å². The molecule has 32 heavy (non-hydrogen) atoms. The van der Waals surface area contributed by atoms with E-state index >= 15 is 0 Å². The molecule has 0 aliphatic rings. The minimum Gasteiger partial charge on any atom is -0.491 e. The van der Waals surface area contributed by atoms with E-state index in [-0.39, 0.29) is 12.4 Å². The van der Waals surface area contributed by atoms with Gasteiger partial charge in [-0.1, -0.05) is 35.3 Å². The number of alkyl halides is 3. The highest BCUT2D eigenvalue weighted by atomic mass is 35.5. The van der Waals surface area contributed by atoms with E-state index in [1.54, 1.807) is 66.9 Å². The molecule has 0 saturated carbocycles. The molecule has 0 aliphatic carbocycles. The first kappa shape index (κ1) is 24.0. The van der Waals surface area contributed by atoms with Gasteiger partial charge in [0.05, 0.1) is 41.6 Å². The minimum absolute atomic E-state index is 0.192. The van der Waals surface area contributed by atoms with Crippen LogP contribution in [-0.4, -0.2) is 29.9 Å². The first-order valence-electron chi connectivity index (χ1n) is 9.76. The lowest BCUT2D eigenvalue weighted by molar-refractivity contribution is -0.139. The second-order valence-corrected chi connectivity index (χ2v) is 7.73. The topological polar surface area (TPSA) is 40.5 Å². The van der Waals surface area contributed by atoms with E-state index in [4.69, 9.17) is 32.7 Å². The number of carbonyl (C=O) groups excluding carboxylic acids is 1. The van der Waals surface area contributed by atoms with Gasteiger partial charge in [0.25, 0.3) is 0 Å². The Bertz CT molecular complexity index is 1130. The van der Waals surface area contributed by atoms with Gasteiger partial charge >= 0.3 is 12.1 Å². The second-order valence-electron chi connectivity index (χ2n) is 6.89. The Morgan fingerprint density at radius 1 is 1.09 bits per heavy atom. The van der Waals surface area contributed by atoms with Crippen molar-refractivity contribution < 1.29 is 27.4 Å². The highest BCUT2D eigenvalue weighted by Crippen LogP contribution is 2.38. The van der Waals surface area contributed by atoms with Crippen LogP contribution in [0.4, 0.5) is 13.2 Å². The van der Waals surface area contributed by atoms with Crippen LogP contribution in [0.25, 0.3) is 16.9 Å². The molecule has 4 nitrogen and oxygen atoms in total. The van der Waals surface area contributed by atoms with Crippen molar-refractivity contribution in [1.29, 1.82) is 0 Å². The third kappa shape index (κ3) is 5.40. The summed E-state index contributed by atoms with van der Waals surface area (Å²) in [6.07, 6.45) is -5.42. The highest BCUT2D eigenvalue weighted by Gasteiger charge is 2.28. The average Bonchev–Trinajstić information content (AvgIpc) is 3.04. The van der Waals surface area contributed by atoms with Gasteiger partial charge in [0.15, 0.2) is 0 Å². The molecule has 0 unspecified atom stereocenters. The largest absolute Gasteiger partial charge is 0.491 e. The van der Waals surface area contributed by atoms with E-state index in [0.717, 1.165) is 0 Å². The summed E-state index contributed by atoms with van der Waals surface area (Å²) in [5.41, 5.74) is 2.41. The fourth-order valence-corrected chi connectivity index (χ4v) is 3.77. The molecule has 2 aromatic carbocycles. The van der Waals surface area contributed by atoms with Crippen LogP contribution in [0.5, 0.6) is 5.75 Å². The molecule has 1 heterocycles. The summed E-state index contributed by atoms with van der Waals surface area (Å²) in [4.78, 5) is 12.6. The van der Waals surface area contributed by atoms with Crippen LogP contribution in [0.3, 0.4) is 0 Å². The predicted molar refractivity (Wildman–Crippen MR) is 118 cm³/mol. The molecule has 0 N–H and O–H groups in total. The van der Waals surface area contributed by atoms with Crippen molar-refractivity contribution in [1.82, 2.24) is 4.57 Å². The van der Waals surface area contributed by atoms with E-state index in [0.29, 0.717) is 38.2 Å². The quantitative estimate of drug-likeness (QED) is 0.330. The van der Waals surface area contributed by atoms with Crippen molar-refractivity contribution >= 4 is 29.2 Å². The lowest BCUT2D eigenvalue weighted by Crippen LogP contribution is -2.14. The molecule has 0 spiro atoms. The van der Waals surface area contributed by atoms with Gasteiger partial charge in [-0.05, 0) is 50.2 Å². The average molecular weight is 486 g/mol. The molecule has 0 bridgehead atoms. The number of aromatic nitrogens is 1. The van der Waals surface area contributed by atoms with Crippen molar-refractivity contribution in [2.75, 3.05) is 13.2 Å². The number of ether oxygens (including phenoxy) is 2. The molecule has 0 aliphatic heterocycles. The van der Waals surface area contributed by atoms with Crippen molar-refractivity contribution in [3.63, 3.8) is 0 Å². The van der Waals surface area contributed by atoms with Crippen LogP contribution >= 0.6 is 23.2 Å². The van der Waals surface area contributed by atoms with E-state index in [1.807, 2.05) is 0 Å². The van der Waals surface area contributed by atoms with E-state index in [2.05, 4.69) is 0 Å². The molecule has 9 heteroatoms. The monoisotopic (exact) mass is 485 g/mol. The van der Waals surface area contributed by atoms with Gasteiger partial charge in [-0.3, -0.25) is 0 Å². The van der Waals surface area contributed by atoms with Crippen LogP contribution in [0.2, 0.25) is 10.0 Å². The predicted octanol–water partition coefficient (Wildman–Crippen LogP) is 7.27. The molecule has 0 radical (unpaired) electrons. The molecule has 3 aromatic rings. The maximum atomic E-state index is 12.6. The summed E-state index contributed by atoms with van der Waals surface area (Å²) in [5.74, 6) is -0.289. The highest BCUT2D eigenvalue weighted by molar-refractivity contribution is 6.36. The summed E-state index contributed by atoms with van der Waals surface area (Å²) in [7, 11) is 0. The molecule has 3 rings (SSSR count). The molecule has 0 amide bonds. The standard InChI is InChI=1S/C23H20Cl2F3NO3/c1-3-31-22(30)17-13-20(16-9-8-15(24)12-18(16)25)29(14(17)2)19-6-4-5-7-21(19)32-11-10-23(26,27)28/h4-9,12-13H,3,10-11H2,1-2H3. The zero-order chi connectivity index (χ0) is 23.5. The number of nitrogens with zero attached hydrogens (tertiary/aromatic N) is 1. The Morgan fingerprint density at radius 3 is 2.47 bits per heavy atom. The maximum Gasteiger partial charge on any atom is 0.392 e. The number of esters is 1. The number of para-hydroxylation sites is 2. The first-order valence-corrected chi connectivity index (χ1v) is 10.5. The number of carbonyl (C=O) groups is 1. The second kappa shape index (κ2) is 9.88. The smallest absolute Gasteiger partial charge is 0.392 e. The van der Waals surface area contributed by atoms with Crippen LogP contribution in [0, 0.1) is 6.92 Å². The van der Waals surface area contributed by atoms with E-state index in [9.17, 15) is 18.0 Å². The Hall–Kier alpha value is -2.64. The number of rotatable bonds is 7. The molecule has 0 fully saturated rings. The van der Waals surface area contributed by atoms with Crippen molar-refractivity contribution in [2.24, 2.45) is 0 Å². The Morgan fingerprint density at radius 2 is 1.81 bits per heavy atom.